The average Bonchev–Trinajstić information content (AvgIpc) is 2.54. The zero-order chi connectivity index (χ0) is 17.0. The van der Waals surface area contributed by atoms with Gasteiger partial charge < -0.3 is 0 Å². The predicted molar refractivity (Wildman–Crippen MR) is 82.0 cm³/mol. The molecular formula is C13H12N4O5S. The van der Waals surface area contributed by atoms with E-state index in [0.29, 0.717) is 0 Å². The number of nitrogens with zero attached hydrogens (tertiary/aromatic N) is 1. The normalized spacial score (nSPS) is 10.8. The number of benzene rings is 2. The van der Waals surface area contributed by atoms with Crippen molar-refractivity contribution in [3.05, 3.63) is 64.2 Å². The average molecular weight is 336 g/mol. The zero-order valence-electron chi connectivity index (χ0n) is 11.6. The number of nitrogens with one attached hydrogen (secondary N) is 2. The molecule has 0 saturated heterocycles. The molecule has 0 aliphatic rings. The number of carbonyl (C=O) groups is 1. The lowest BCUT2D eigenvalue weighted by atomic mass is 10.2. The summed E-state index contributed by atoms with van der Waals surface area (Å²) in [5, 5.41) is 10.6. The topological polar surface area (TPSA) is 144 Å². The molecule has 0 spiro atoms. The van der Waals surface area contributed by atoms with Crippen LogP contribution in [-0.2, 0) is 10.0 Å². The number of rotatable bonds is 5. The Labute approximate surface area is 131 Å². The van der Waals surface area contributed by atoms with E-state index in [-0.39, 0.29) is 21.8 Å². The lowest BCUT2D eigenvalue weighted by molar-refractivity contribution is -0.384. The number of nitrogens with two attached hydrogens (primary N) is 1. The van der Waals surface area contributed by atoms with E-state index in [0.717, 1.165) is 24.3 Å². The molecule has 0 aliphatic heterocycles. The Morgan fingerprint density at radius 2 is 1.61 bits per heavy atom. The van der Waals surface area contributed by atoms with Crippen LogP contribution in [0.4, 0.5) is 11.4 Å². The number of hydrogen-bond donors (Lipinski definition) is 3. The molecule has 0 atom stereocenters. The minimum atomic E-state index is -3.89. The van der Waals surface area contributed by atoms with E-state index in [2.05, 4.69) is 4.72 Å². The van der Waals surface area contributed by atoms with Crippen LogP contribution in [0.2, 0.25) is 0 Å². The van der Waals surface area contributed by atoms with Crippen LogP contribution in [0.25, 0.3) is 0 Å². The van der Waals surface area contributed by atoms with E-state index in [9.17, 15) is 23.3 Å². The third-order valence-corrected chi connectivity index (χ3v) is 4.29. The van der Waals surface area contributed by atoms with Crippen molar-refractivity contribution in [1.29, 1.82) is 0 Å². The summed E-state index contributed by atoms with van der Waals surface area (Å²) in [6.07, 6.45) is 0. The molecule has 4 N–H and O–H groups in total. The second-order valence-corrected chi connectivity index (χ2v) is 6.09. The van der Waals surface area contributed by atoms with Crippen molar-refractivity contribution < 1.29 is 18.1 Å². The van der Waals surface area contributed by atoms with Crippen LogP contribution >= 0.6 is 0 Å². The highest BCUT2D eigenvalue weighted by Gasteiger charge is 2.16. The summed E-state index contributed by atoms with van der Waals surface area (Å²) in [6.45, 7) is 0. The molecular weight excluding hydrogens is 324 g/mol. The Morgan fingerprint density at radius 3 is 2.09 bits per heavy atom. The van der Waals surface area contributed by atoms with Gasteiger partial charge in [0.2, 0.25) is 0 Å². The Hall–Kier alpha value is -2.98. The Kier molecular flexibility index (Phi) is 4.57. The largest absolute Gasteiger partial charge is 0.290 e. The smallest absolute Gasteiger partial charge is 0.269 e. The molecule has 0 heterocycles. The number of carbonyl (C=O) groups excluding carboxylic acids is 1. The lowest BCUT2D eigenvalue weighted by Gasteiger charge is -2.08. The van der Waals surface area contributed by atoms with Crippen LogP contribution in [-0.4, -0.2) is 19.2 Å². The number of nitrogen functional groups attached to an aromatic ring is 1. The van der Waals surface area contributed by atoms with Crippen molar-refractivity contribution in [3.8, 4) is 0 Å². The first-order valence-corrected chi connectivity index (χ1v) is 7.70. The quantitative estimate of drug-likeness (QED) is 0.321. The van der Waals surface area contributed by atoms with E-state index in [1.54, 1.807) is 0 Å². The predicted octanol–water partition coefficient (Wildman–Crippen LogP) is 0.999. The van der Waals surface area contributed by atoms with Gasteiger partial charge in [-0.25, -0.2) is 14.3 Å². The number of amides is 1. The van der Waals surface area contributed by atoms with E-state index in [4.69, 9.17) is 5.84 Å². The van der Waals surface area contributed by atoms with Crippen molar-refractivity contribution in [2.45, 2.75) is 4.90 Å². The first-order chi connectivity index (χ1) is 10.8. The molecule has 0 aromatic heterocycles. The zero-order valence-corrected chi connectivity index (χ0v) is 12.4. The molecule has 10 heteroatoms. The van der Waals surface area contributed by atoms with Gasteiger partial charge in [0.15, 0.2) is 0 Å². The fraction of sp³-hybridized carbons (Fsp3) is 0. The lowest BCUT2D eigenvalue weighted by Crippen LogP contribution is -2.29. The molecule has 0 fully saturated rings. The maximum atomic E-state index is 12.2. The van der Waals surface area contributed by atoms with Gasteiger partial charge in [0.1, 0.15) is 0 Å². The van der Waals surface area contributed by atoms with Gasteiger partial charge in [0.05, 0.1) is 9.82 Å². The maximum Gasteiger partial charge on any atom is 0.269 e. The Bertz CT molecular complexity index is 832. The summed E-state index contributed by atoms with van der Waals surface area (Å²) >= 11 is 0. The van der Waals surface area contributed by atoms with Crippen molar-refractivity contribution in [2.75, 3.05) is 4.72 Å². The standard InChI is InChI=1S/C13H12N4O5S/c14-15-13(18)9-1-3-10(4-2-9)16-23(21,22)12-7-5-11(6-8-12)17(19)20/h1-8,16H,14H2,(H,15,18). The number of anilines is 1. The summed E-state index contributed by atoms with van der Waals surface area (Å²) in [7, 11) is -3.89. The van der Waals surface area contributed by atoms with Crippen LogP contribution in [0, 0.1) is 10.1 Å². The van der Waals surface area contributed by atoms with Gasteiger partial charge in [0.25, 0.3) is 21.6 Å². The third kappa shape index (κ3) is 3.81. The minimum Gasteiger partial charge on any atom is -0.290 e. The molecule has 2 rings (SSSR count). The SMILES string of the molecule is NNC(=O)c1ccc(NS(=O)(=O)c2ccc([N+](=O)[O-])cc2)cc1. The fourth-order valence-electron chi connectivity index (χ4n) is 1.73. The highest BCUT2D eigenvalue weighted by molar-refractivity contribution is 7.92. The van der Waals surface area contributed by atoms with Crippen LogP contribution in [0.15, 0.2) is 53.4 Å². The molecule has 23 heavy (non-hydrogen) atoms. The highest BCUT2D eigenvalue weighted by Crippen LogP contribution is 2.19. The Balaban J connectivity index is 2.20. The number of hydrogen-bond acceptors (Lipinski definition) is 6. The third-order valence-electron chi connectivity index (χ3n) is 2.89. The second kappa shape index (κ2) is 6.42. The number of sulfonamides is 1. The molecule has 0 saturated carbocycles. The molecule has 1 amide bonds. The van der Waals surface area contributed by atoms with Gasteiger partial charge in [-0.05, 0) is 36.4 Å². The molecule has 9 nitrogen and oxygen atoms in total. The summed E-state index contributed by atoms with van der Waals surface area (Å²) in [6, 6.07) is 10.1. The van der Waals surface area contributed by atoms with Crippen molar-refractivity contribution in [1.82, 2.24) is 5.43 Å². The first kappa shape index (κ1) is 16.4. The Morgan fingerprint density at radius 1 is 1.04 bits per heavy atom. The number of hydrazine groups is 1. The summed E-state index contributed by atoms with van der Waals surface area (Å²) in [4.78, 5) is 21.1. The van der Waals surface area contributed by atoms with E-state index >= 15 is 0 Å². The molecule has 120 valence electrons. The minimum absolute atomic E-state index is 0.119. The molecule has 0 aliphatic carbocycles. The second-order valence-electron chi connectivity index (χ2n) is 4.41. The van der Waals surface area contributed by atoms with Crippen molar-refractivity contribution in [2.24, 2.45) is 5.84 Å². The number of nitro benzene ring substituents is 1. The van der Waals surface area contributed by atoms with Crippen molar-refractivity contribution in [3.63, 3.8) is 0 Å². The van der Waals surface area contributed by atoms with E-state index in [1.165, 1.54) is 24.3 Å². The van der Waals surface area contributed by atoms with Crippen molar-refractivity contribution >= 4 is 27.3 Å². The van der Waals surface area contributed by atoms with Gasteiger partial charge >= 0.3 is 0 Å². The molecule has 0 radical (unpaired) electrons. The van der Waals surface area contributed by atoms with E-state index in [1.807, 2.05) is 5.43 Å². The van der Waals surface area contributed by atoms with Crippen LogP contribution in [0.3, 0.4) is 0 Å². The van der Waals surface area contributed by atoms with Gasteiger partial charge in [0, 0.05) is 23.4 Å². The monoisotopic (exact) mass is 336 g/mol. The number of non-ortho nitro benzene ring substituents is 1. The molecule has 0 bridgehead atoms. The number of nitro groups is 1. The van der Waals surface area contributed by atoms with Crippen LogP contribution in [0.5, 0.6) is 0 Å². The summed E-state index contributed by atoms with van der Waals surface area (Å²) in [5.74, 6) is 4.49. The van der Waals surface area contributed by atoms with Gasteiger partial charge in [-0.15, -0.1) is 0 Å². The molecule has 2 aromatic rings. The van der Waals surface area contributed by atoms with Crippen LogP contribution < -0.4 is 16.0 Å². The summed E-state index contributed by atoms with van der Waals surface area (Å²) < 4.78 is 26.7. The van der Waals surface area contributed by atoms with Gasteiger partial charge in [-0.2, -0.15) is 0 Å². The van der Waals surface area contributed by atoms with Gasteiger partial charge in [-0.3, -0.25) is 25.1 Å². The van der Waals surface area contributed by atoms with Gasteiger partial charge in [-0.1, -0.05) is 0 Å². The molecule has 2 aromatic carbocycles. The highest BCUT2D eigenvalue weighted by atomic mass is 32.2. The van der Waals surface area contributed by atoms with E-state index < -0.39 is 20.9 Å². The molecule has 0 unspecified atom stereocenters. The summed E-state index contributed by atoms with van der Waals surface area (Å²) in [5.41, 5.74) is 2.25. The maximum absolute atomic E-state index is 12.2. The fourth-order valence-corrected chi connectivity index (χ4v) is 2.79. The van der Waals surface area contributed by atoms with Crippen LogP contribution in [0.1, 0.15) is 10.4 Å². The first-order valence-electron chi connectivity index (χ1n) is 6.22.